The first kappa shape index (κ1) is 21.3. The van der Waals surface area contributed by atoms with Gasteiger partial charge in [0.25, 0.3) is 11.8 Å². The molecule has 0 radical (unpaired) electrons. The van der Waals surface area contributed by atoms with Crippen molar-refractivity contribution >= 4 is 34.2 Å². The molecule has 0 unspecified atom stereocenters. The zero-order chi connectivity index (χ0) is 21.8. The Kier molecular flexibility index (Phi) is 6.50. The maximum absolute atomic E-state index is 12.9. The number of hydrogen-bond acceptors (Lipinski definition) is 8. The fourth-order valence-corrected chi connectivity index (χ4v) is 4.12. The van der Waals surface area contributed by atoms with Crippen molar-refractivity contribution < 1.29 is 19.1 Å². The van der Waals surface area contributed by atoms with Crippen LogP contribution in [0.5, 0.6) is 0 Å². The molecule has 0 spiro atoms. The number of ether oxygens (including phenoxy) is 2. The maximum atomic E-state index is 12.9. The molecule has 10 heteroatoms. The standard InChI is InChI=1S/C21H23N5O4S/c1-13-19(31-25-24-13)21(28)26-8-10-30-18(12-26)17-11-15(20(27)22-7-9-29-2)14-5-3-4-6-16(14)23-17/h3-6,11,18H,7-10,12H2,1-2H3,(H,22,27)/t18-/m0/s1. The van der Waals surface area contributed by atoms with Gasteiger partial charge in [0, 0.05) is 25.6 Å². The summed E-state index contributed by atoms with van der Waals surface area (Å²) in [6, 6.07) is 9.24. The molecule has 1 aliphatic rings. The second-order valence-electron chi connectivity index (χ2n) is 7.16. The highest BCUT2D eigenvalue weighted by Crippen LogP contribution is 2.27. The molecule has 0 aliphatic carbocycles. The summed E-state index contributed by atoms with van der Waals surface area (Å²) in [7, 11) is 1.59. The van der Waals surface area contributed by atoms with Gasteiger partial charge in [0.15, 0.2) is 0 Å². The molecule has 1 atom stereocenters. The molecule has 1 aliphatic heterocycles. The highest BCUT2D eigenvalue weighted by atomic mass is 32.1. The Balaban J connectivity index is 1.62. The van der Waals surface area contributed by atoms with Crippen molar-refractivity contribution in [2.45, 2.75) is 13.0 Å². The van der Waals surface area contributed by atoms with Crippen LogP contribution in [0.1, 0.15) is 37.5 Å². The van der Waals surface area contributed by atoms with Crippen molar-refractivity contribution in [3.05, 3.63) is 52.2 Å². The molecule has 0 bridgehead atoms. The lowest BCUT2D eigenvalue weighted by Crippen LogP contribution is -2.42. The second kappa shape index (κ2) is 9.46. The van der Waals surface area contributed by atoms with Crippen molar-refractivity contribution in [2.24, 2.45) is 0 Å². The molecule has 0 saturated carbocycles. The Bertz CT molecular complexity index is 1100. The summed E-state index contributed by atoms with van der Waals surface area (Å²) >= 11 is 1.09. The predicted molar refractivity (Wildman–Crippen MR) is 115 cm³/mol. The number of nitrogens with one attached hydrogen (secondary N) is 1. The van der Waals surface area contributed by atoms with Gasteiger partial charge in [-0.25, -0.2) is 4.98 Å². The van der Waals surface area contributed by atoms with E-state index in [0.29, 0.717) is 60.2 Å². The minimum Gasteiger partial charge on any atom is -0.383 e. The van der Waals surface area contributed by atoms with E-state index in [2.05, 4.69) is 14.9 Å². The molecule has 9 nitrogen and oxygen atoms in total. The number of nitrogens with zero attached hydrogens (tertiary/aromatic N) is 4. The van der Waals surface area contributed by atoms with Crippen LogP contribution in [-0.4, -0.2) is 71.2 Å². The number of hydrogen-bond donors (Lipinski definition) is 1. The third kappa shape index (κ3) is 4.55. The van der Waals surface area contributed by atoms with Gasteiger partial charge >= 0.3 is 0 Å². The van der Waals surface area contributed by atoms with Crippen LogP contribution in [0.15, 0.2) is 30.3 Å². The Hall–Kier alpha value is -2.95. The van der Waals surface area contributed by atoms with Crippen molar-refractivity contribution in [2.75, 3.05) is 40.0 Å². The number of carbonyl (C=O) groups is 2. The second-order valence-corrected chi connectivity index (χ2v) is 7.91. The molecule has 3 heterocycles. The SMILES string of the molecule is COCCNC(=O)c1cc([C@@H]2CN(C(=O)c3snnc3C)CCO2)nc2ccccc12. The third-order valence-electron chi connectivity index (χ3n) is 5.10. The number of aryl methyl sites for hydroxylation is 1. The average Bonchev–Trinajstić information content (AvgIpc) is 3.23. The van der Waals surface area contributed by atoms with E-state index >= 15 is 0 Å². The number of aromatic nitrogens is 3. The fourth-order valence-electron chi connectivity index (χ4n) is 3.49. The molecule has 3 aromatic rings. The number of para-hydroxylation sites is 1. The number of morpholine rings is 1. The zero-order valence-electron chi connectivity index (χ0n) is 17.3. The van der Waals surface area contributed by atoms with E-state index in [4.69, 9.17) is 14.5 Å². The molecular formula is C21H23N5O4S. The number of fused-ring (bicyclic) bond motifs is 1. The van der Waals surface area contributed by atoms with Gasteiger partial charge < -0.3 is 19.7 Å². The first-order chi connectivity index (χ1) is 15.1. The summed E-state index contributed by atoms with van der Waals surface area (Å²) in [5.41, 5.74) is 2.46. The number of methoxy groups -OCH3 is 1. The summed E-state index contributed by atoms with van der Waals surface area (Å²) in [6.07, 6.45) is -0.436. The van der Waals surface area contributed by atoms with Crippen molar-refractivity contribution in [1.29, 1.82) is 0 Å². The van der Waals surface area contributed by atoms with Crippen LogP contribution in [0.2, 0.25) is 0 Å². The number of amides is 2. The van der Waals surface area contributed by atoms with Crippen molar-refractivity contribution in [3.8, 4) is 0 Å². The average molecular weight is 442 g/mol. The van der Waals surface area contributed by atoms with Gasteiger partial charge in [-0.3, -0.25) is 9.59 Å². The molecule has 162 valence electrons. The number of pyridine rings is 1. The fraction of sp³-hybridized carbons (Fsp3) is 0.381. The number of rotatable bonds is 6. The quantitative estimate of drug-likeness (QED) is 0.583. The van der Waals surface area contributed by atoms with Crippen LogP contribution in [0.25, 0.3) is 10.9 Å². The Morgan fingerprint density at radius 3 is 2.97 bits per heavy atom. The summed E-state index contributed by atoms with van der Waals surface area (Å²) in [6.45, 7) is 3.80. The van der Waals surface area contributed by atoms with Gasteiger partial charge in [0.05, 0.1) is 42.2 Å². The highest BCUT2D eigenvalue weighted by molar-refractivity contribution is 7.07. The maximum Gasteiger partial charge on any atom is 0.267 e. The molecule has 31 heavy (non-hydrogen) atoms. The normalized spacial score (nSPS) is 16.5. The van der Waals surface area contributed by atoms with Crippen LogP contribution in [0.4, 0.5) is 0 Å². The zero-order valence-corrected chi connectivity index (χ0v) is 18.1. The van der Waals surface area contributed by atoms with E-state index in [1.807, 2.05) is 24.3 Å². The molecule has 1 N–H and O–H groups in total. The Labute approximate surface area is 183 Å². The van der Waals surface area contributed by atoms with Gasteiger partial charge in [-0.1, -0.05) is 22.7 Å². The minimum absolute atomic E-state index is 0.112. The van der Waals surface area contributed by atoms with E-state index in [1.54, 1.807) is 25.0 Å². The van der Waals surface area contributed by atoms with Crippen LogP contribution in [0, 0.1) is 6.92 Å². The summed E-state index contributed by atoms with van der Waals surface area (Å²) in [5, 5.41) is 7.55. The lowest BCUT2D eigenvalue weighted by atomic mass is 10.0. The van der Waals surface area contributed by atoms with Gasteiger partial charge in [0.2, 0.25) is 0 Å². The van der Waals surface area contributed by atoms with Crippen molar-refractivity contribution in [1.82, 2.24) is 24.8 Å². The smallest absolute Gasteiger partial charge is 0.267 e. The summed E-state index contributed by atoms with van der Waals surface area (Å²) in [5.74, 6) is -0.314. The van der Waals surface area contributed by atoms with E-state index < -0.39 is 6.10 Å². The largest absolute Gasteiger partial charge is 0.383 e. The van der Waals surface area contributed by atoms with E-state index in [0.717, 1.165) is 16.9 Å². The predicted octanol–water partition coefficient (Wildman–Crippen LogP) is 1.98. The first-order valence-corrected chi connectivity index (χ1v) is 10.7. The van der Waals surface area contributed by atoms with E-state index in [9.17, 15) is 9.59 Å². The molecular weight excluding hydrogens is 418 g/mol. The van der Waals surface area contributed by atoms with Crippen molar-refractivity contribution in [3.63, 3.8) is 0 Å². The third-order valence-corrected chi connectivity index (χ3v) is 5.92. The van der Waals surface area contributed by atoms with Crippen LogP contribution in [-0.2, 0) is 9.47 Å². The number of benzene rings is 1. The van der Waals surface area contributed by atoms with Crippen LogP contribution < -0.4 is 5.32 Å². The van der Waals surface area contributed by atoms with Crippen LogP contribution in [0.3, 0.4) is 0 Å². The van der Waals surface area contributed by atoms with Crippen LogP contribution >= 0.6 is 11.5 Å². The topological polar surface area (TPSA) is 107 Å². The minimum atomic E-state index is -0.436. The van der Waals surface area contributed by atoms with E-state index in [1.165, 1.54) is 0 Å². The van der Waals surface area contributed by atoms with Gasteiger partial charge in [-0.05, 0) is 30.6 Å². The molecule has 2 aromatic heterocycles. The molecule has 1 aromatic carbocycles. The number of carbonyl (C=O) groups excluding carboxylic acids is 2. The molecule has 1 fully saturated rings. The Morgan fingerprint density at radius 1 is 1.35 bits per heavy atom. The molecule has 2 amide bonds. The summed E-state index contributed by atoms with van der Waals surface area (Å²) < 4.78 is 14.8. The molecule has 1 saturated heterocycles. The van der Waals surface area contributed by atoms with Gasteiger partial charge in [-0.2, -0.15) is 0 Å². The molecule has 4 rings (SSSR count). The highest BCUT2D eigenvalue weighted by Gasteiger charge is 2.30. The monoisotopic (exact) mass is 441 g/mol. The lowest BCUT2D eigenvalue weighted by Gasteiger charge is -2.32. The first-order valence-electron chi connectivity index (χ1n) is 9.95. The Morgan fingerprint density at radius 2 is 2.19 bits per heavy atom. The summed E-state index contributed by atoms with van der Waals surface area (Å²) in [4.78, 5) is 32.7. The van der Waals surface area contributed by atoms with Gasteiger partial charge in [0.1, 0.15) is 11.0 Å². The lowest BCUT2D eigenvalue weighted by molar-refractivity contribution is -0.0244. The van der Waals surface area contributed by atoms with Gasteiger partial charge in [-0.15, -0.1) is 5.10 Å². The van der Waals surface area contributed by atoms with E-state index in [-0.39, 0.29) is 11.8 Å².